The molecule has 0 spiro atoms. The summed E-state index contributed by atoms with van der Waals surface area (Å²) in [4.78, 5) is 17.8. The average molecular weight is 346 g/mol. The summed E-state index contributed by atoms with van der Waals surface area (Å²) in [5.41, 5.74) is 5.65. The predicted molar refractivity (Wildman–Crippen MR) is 109 cm³/mol. The number of rotatable bonds is 6. The highest BCUT2D eigenvalue weighted by atomic mass is 16.1. The molecule has 0 bridgehead atoms. The largest absolute Gasteiger partial charge is 0.352 e. The van der Waals surface area contributed by atoms with Gasteiger partial charge in [-0.1, -0.05) is 67.8 Å². The highest BCUT2D eigenvalue weighted by molar-refractivity contribution is 6.08. The predicted octanol–water partition coefficient (Wildman–Crippen LogP) is 5.44. The van der Waals surface area contributed by atoms with Gasteiger partial charge in [-0.15, -0.1) is 0 Å². The summed E-state index contributed by atoms with van der Waals surface area (Å²) in [5.74, 6) is -0.00874. The minimum Gasteiger partial charge on any atom is -0.352 e. The lowest BCUT2D eigenvalue weighted by Crippen LogP contribution is -2.25. The van der Waals surface area contributed by atoms with E-state index in [1.54, 1.807) is 0 Å². The van der Waals surface area contributed by atoms with Crippen molar-refractivity contribution in [2.75, 3.05) is 6.54 Å². The molecule has 0 saturated carbocycles. The maximum Gasteiger partial charge on any atom is 0.252 e. The van der Waals surface area contributed by atoms with E-state index in [1.165, 1.54) is 5.56 Å². The van der Waals surface area contributed by atoms with E-state index in [-0.39, 0.29) is 5.91 Å². The number of carbonyl (C=O) groups is 1. The quantitative estimate of drug-likeness (QED) is 0.604. The van der Waals surface area contributed by atoms with E-state index in [0.717, 1.165) is 52.5 Å². The van der Waals surface area contributed by atoms with Gasteiger partial charge >= 0.3 is 0 Å². The first-order valence-electron chi connectivity index (χ1n) is 9.36. The van der Waals surface area contributed by atoms with Crippen molar-refractivity contribution >= 4 is 16.8 Å². The minimum absolute atomic E-state index is 0.00874. The molecule has 3 nitrogen and oxygen atoms in total. The second kappa shape index (κ2) is 8.13. The molecule has 0 aliphatic rings. The first kappa shape index (κ1) is 18.1. The lowest BCUT2D eigenvalue weighted by Gasteiger charge is -2.15. The molecule has 1 aromatic heterocycles. The van der Waals surface area contributed by atoms with Crippen molar-refractivity contribution in [3.8, 4) is 11.3 Å². The molecular formula is C23H26N2O. The van der Waals surface area contributed by atoms with Crippen molar-refractivity contribution in [3.05, 3.63) is 65.2 Å². The van der Waals surface area contributed by atoms with Crippen LogP contribution in [-0.2, 0) is 0 Å². The topological polar surface area (TPSA) is 42.0 Å². The highest BCUT2D eigenvalue weighted by Gasteiger charge is 2.18. The van der Waals surface area contributed by atoms with Gasteiger partial charge in [0.25, 0.3) is 5.91 Å². The number of para-hydroxylation sites is 1. The average Bonchev–Trinajstić information content (AvgIpc) is 2.65. The van der Waals surface area contributed by atoms with E-state index in [1.807, 2.05) is 31.2 Å². The van der Waals surface area contributed by atoms with Crippen LogP contribution in [0.25, 0.3) is 22.2 Å². The molecule has 3 rings (SSSR count). The van der Waals surface area contributed by atoms with E-state index in [4.69, 9.17) is 4.98 Å². The van der Waals surface area contributed by atoms with Crippen LogP contribution < -0.4 is 5.32 Å². The molecule has 2 aromatic carbocycles. The van der Waals surface area contributed by atoms with E-state index in [9.17, 15) is 4.79 Å². The molecule has 0 aliphatic carbocycles. The van der Waals surface area contributed by atoms with Gasteiger partial charge in [-0.05, 0) is 31.9 Å². The third-order valence-corrected chi connectivity index (χ3v) is 4.75. The Kier molecular flexibility index (Phi) is 5.67. The molecule has 1 N–H and O–H groups in total. The van der Waals surface area contributed by atoms with Gasteiger partial charge in [0, 0.05) is 17.5 Å². The van der Waals surface area contributed by atoms with Crippen LogP contribution in [0.5, 0.6) is 0 Å². The van der Waals surface area contributed by atoms with Gasteiger partial charge in [-0.25, -0.2) is 4.98 Å². The second-order valence-electron chi connectivity index (χ2n) is 6.81. The summed E-state index contributed by atoms with van der Waals surface area (Å²) in [7, 11) is 0. The van der Waals surface area contributed by atoms with E-state index in [2.05, 4.69) is 43.4 Å². The third kappa shape index (κ3) is 3.77. The summed E-state index contributed by atoms with van der Waals surface area (Å²) in [6.07, 6.45) is 3.28. The van der Waals surface area contributed by atoms with Crippen LogP contribution in [0.3, 0.4) is 0 Å². The maximum atomic E-state index is 12.9. The summed E-state index contributed by atoms with van der Waals surface area (Å²) < 4.78 is 0. The molecule has 0 aliphatic heterocycles. The van der Waals surface area contributed by atoms with Crippen molar-refractivity contribution in [3.63, 3.8) is 0 Å². The van der Waals surface area contributed by atoms with E-state index >= 15 is 0 Å². The molecule has 3 heteroatoms. The molecule has 0 fully saturated rings. The number of carbonyl (C=O) groups excluding carboxylic acids is 1. The number of nitrogens with one attached hydrogen (secondary N) is 1. The van der Waals surface area contributed by atoms with Crippen LogP contribution in [-0.4, -0.2) is 17.4 Å². The monoisotopic (exact) mass is 346 g/mol. The summed E-state index contributed by atoms with van der Waals surface area (Å²) in [5, 5.41) is 4.00. The van der Waals surface area contributed by atoms with Gasteiger partial charge in [0.1, 0.15) is 0 Å². The van der Waals surface area contributed by atoms with Gasteiger partial charge in [0.05, 0.1) is 16.8 Å². The van der Waals surface area contributed by atoms with Crippen molar-refractivity contribution in [2.45, 2.75) is 40.0 Å². The van der Waals surface area contributed by atoms with Crippen molar-refractivity contribution in [1.29, 1.82) is 0 Å². The smallest absolute Gasteiger partial charge is 0.252 e. The highest BCUT2D eigenvalue weighted by Crippen LogP contribution is 2.29. The van der Waals surface area contributed by atoms with Crippen LogP contribution >= 0.6 is 0 Å². The van der Waals surface area contributed by atoms with Gasteiger partial charge < -0.3 is 5.32 Å². The van der Waals surface area contributed by atoms with Gasteiger partial charge in [-0.2, -0.15) is 0 Å². The molecule has 1 heterocycles. The number of aromatic nitrogens is 1. The van der Waals surface area contributed by atoms with Crippen LogP contribution in [0.1, 0.15) is 47.7 Å². The van der Waals surface area contributed by atoms with E-state index < -0.39 is 0 Å². The first-order chi connectivity index (χ1) is 12.6. The number of pyridine rings is 1. The molecule has 1 amide bonds. The number of fused-ring (bicyclic) bond motifs is 1. The van der Waals surface area contributed by atoms with Crippen LogP contribution in [0.4, 0.5) is 0 Å². The zero-order valence-corrected chi connectivity index (χ0v) is 15.8. The zero-order valence-electron chi connectivity index (χ0n) is 15.8. The van der Waals surface area contributed by atoms with Crippen LogP contribution in [0.15, 0.2) is 48.5 Å². The number of nitrogens with zero attached hydrogens (tertiary/aromatic N) is 1. The maximum absolute atomic E-state index is 12.9. The fourth-order valence-electron chi connectivity index (χ4n) is 3.26. The molecule has 3 aromatic rings. The number of hydrogen-bond acceptors (Lipinski definition) is 2. The van der Waals surface area contributed by atoms with Crippen molar-refractivity contribution < 1.29 is 4.79 Å². The Balaban J connectivity index is 2.06. The summed E-state index contributed by atoms with van der Waals surface area (Å²) in [6.45, 7) is 6.94. The first-order valence-corrected chi connectivity index (χ1v) is 9.36. The summed E-state index contributed by atoms with van der Waals surface area (Å²) in [6, 6.07) is 16.2. The lowest BCUT2D eigenvalue weighted by atomic mass is 9.96. The number of amides is 1. The molecular weight excluding hydrogens is 320 g/mol. The van der Waals surface area contributed by atoms with Gasteiger partial charge in [-0.3, -0.25) is 4.79 Å². The summed E-state index contributed by atoms with van der Waals surface area (Å²) >= 11 is 0. The fourth-order valence-corrected chi connectivity index (χ4v) is 3.26. The van der Waals surface area contributed by atoms with Gasteiger partial charge in [0.15, 0.2) is 0 Å². The fraction of sp³-hybridized carbons (Fsp3) is 0.304. The standard InChI is InChI=1S/C23H26N2O/c1-4-5-8-15-24-23(26)21-17(3)22(18-13-11-16(2)12-14-18)25-20-10-7-6-9-19(20)21/h6-7,9-14H,4-5,8,15H2,1-3H3,(H,24,26). The third-order valence-electron chi connectivity index (χ3n) is 4.75. The number of aryl methyl sites for hydroxylation is 1. The SMILES string of the molecule is CCCCCNC(=O)c1c(C)c(-c2ccc(C)cc2)nc2ccccc12. The Morgan fingerprint density at radius 1 is 1.00 bits per heavy atom. The Hall–Kier alpha value is -2.68. The molecule has 0 unspecified atom stereocenters. The number of unbranched alkanes of at least 4 members (excludes halogenated alkanes) is 2. The molecule has 26 heavy (non-hydrogen) atoms. The van der Waals surface area contributed by atoms with Crippen molar-refractivity contribution in [2.24, 2.45) is 0 Å². The molecule has 0 saturated heterocycles. The van der Waals surface area contributed by atoms with Crippen LogP contribution in [0.2, 0.25) is 0 Å². The lowest BCUT2D eigenvalue weighted by molar-refractivity contribution is 0.0954. The molecule has 0 radical (unpaired) electrons. The Morgan fingerprint density at radius 2 is 1.73 bits per heavy atom. The molecule has 0 atom stereocenters. The normalized spacial score (nSPS) is 10.9. The van der Waals surface area contributed by atoms with E-state index in [0.29, 0.717) is 6.54 Å². The Labute approximate surface area is 155 Å². The van der Waals surface area contributed by atoms with Crippen molar-refractivity contribution in [1.82, 2.24) is 10.3 Å². The second-order valence-corrected chi connectivity index (χ2v) is 6.81. The zero-order chi connectivity index (χ0) is 18.5. The minimum atomic E-state index is -0.00874. The Morgan fingerprint density at radius 3 is 2.46 bits per heavy atom. The van der Waals surface area contributed by atoms with Crippen LogP contribution in [0, 0.1) is 13.8 Å². The molecule has 134 valence electrons. The van der Waals surface area contributed by atoms with Gasteiger partial charge in [0.2, 0.25) is 0 Å². The number of benzene rings is 2. The number of hydrogen-bond donors (Lipinski definition) is 1. The Bertz CT molecular complexity index is 913.